The first-order chi connectivity index (χ1) is 13.8. The van der Waals surface area contributed by atoms with Gasteiger partial charge in [0.1, 0.15) is 5.82 Å². The fourth-order valence-corrected chi connectivity index (χ4v) is 3.31. The van der Waals surface area contributed by atoms with Gasteiger partial charge in [-0.2, -0.15) is 4.98 Å². The normalized spacial score (nSPS) is 15.1. The van der Waals surface area contributed by atoms with Crippen LogP contribution in [0.2, 0.25) is 0 Å². The number of rotatable bonds is 5. The molecule has 1 saturated heterocycles. The Morgan fingerprint density at radius 2 is 1.86 bits per heavy atom. The molecule has 7 nitrogen and oxygen atoms in total. The molecule has 1 aromatic carbocycles. The van der Waals surface area contributed by atoms with Crippen LogP contribution in [0.15, 0.2) is 36.5 Å². The minimum Gasteiger partial charge on any atom is -0.450 e. The number of hydrogen-bond acceptors (Lipinski definition) is 6. The van der Waals surface area contributed by atoms with Crippen molar-refractivity contribution in [3.8, 4) is 0 Å². The van der Waals surface area contributed by atoms with Crippen molar-refractivity contribution >= 4 is 23.5 Å². The first-order valence-electron chi connectivity index (χ1n) is 10.2. The van der Waals surface area contributed by atoms with Gasteiger partial charge in [0.25, 0.3) is 0 Å². The molecule has 156 valence electrons. The monoisotopic (exact) mass is 397 g/mol. The van der Waals surface area contributed by atoms with E-state index < -0.39 is 0 Å². The molecule has 0 bridgehead atoms. The largest absolute Gasteiger partial charge is 0.450 e. The van der Waals surface area contributed by atoms with Crippen molar-refractivity contribution in [2.45, 2.75) is 52.0 Å². The molecule has 1 aromatic heterocycles. The van der Waals surface area contributed by atoms with Crippen molar-refractivity contribution in [1.29, 1.82) is 0 Å². The summed E-state index contributed by atoms with van der Waals surface area (Å²) in [6, 6.07) is 10.5. The highest BCUT2D eigenvalue weighted by Gasteiger charge is 2.23. The first-order valence-corrected chi connectivity index (χ1v) is 10.2. The molecule has 2 heterocycles. The molecule has 0 radical (unpaired) electrons. The van der Waals surface area contributed by atoms with Gasteiger partial charge < -0.3 is 20.3 Å². The Balaban J connectivity index is 1.56. The first kappa shape index (κ1) is 20.9. The van der Waals surface area contributed by atoms with E-state index in [1.54, 1.807) is 11.1 Å². The quantitative estimate of drug-likeness (QED) is 0.770. The average molecular weight is 398 g/mol. The van der Waals surface area contributed by atoms with Crippen LogP contribution in [0.4, 0.5) is 22.2 Å². The number of carbonyl (C=O) groups excluding carboxylic acids is 1. The number of likely N-dealkylation sites (tertiary alicyclic amines) is 1. The van der Waals surface area contributed by atoms with Crippen molar-refractivity contribution in [2.75, 3.05) is 30.3 Å². The van der Waals surface area contributed by atoms with Gasteiger partial charge in [0, 0.05) is 31.0 Å². The predicted octanol–water partition coefficient (Wildman–Crippen LogP) is 4.55. The third kappa shape index (κ3) is 5.82. The van der Waals surface area contributed by atoms with E-state index in [0.29, 0.717) is 25.6 Å². The molecular weight excluding hydrogens is 366 g/mol. The van der Waals surface area contributed by atoms with Crippen LogP contribution < -0.4 is 10.6 Å². The van der Waals surface area contributed by atoms with Gasteiger partial charge in [0.15, 0.2) is 0 Å². The lowest BCUT2D eigenvalue weighted by Gasteiger charge is -2.31. The van der Waals surface area contributed by atoms with Crippen molar-refractivity contribution in [3.05, 3.63) is 42.1 Å². The summed E-state index contributed by atoms with van der Waals surface area (Å²) < 4.78 is 5.07. The summed E-state index contributed by atoms with van der Waals surface area (Å²) in [5.74, 6) is 1.34. The van der Waals surface area contributed by atoms with E-state index in [2.05, 4.69) is 65.6 Å². The summed E-state index contributed by atoms with van der Waals surface area (Å²) >= 11 is 0. The number of benzene rings is 1. The van der Waals surface area contributed by atoms with Gasteiger partial charge in [-0.25, -0.2) is 9.78 Å². The lowest BCUT2D eigenvalue weighted by molar-refractivity contribution is 0.0983. The molecule has 0 saturated carbocycles. The molecule has 3 rings (SSSR count). The van der Waals surface area contributed by atoms with E-state index in [9.17, 15) is 4.79 Å². The minimum atomic E-state index is -0.225. The Morgan fingerprint density at radius 3 is 2.48 bits per heavy atom. The molecule has 29 heavy (non-hydrogen) atoms. The summed E-state index contributed by atoms with van der Waals surface area (Å²) in [6.07, 6.45) is 3.24. The number of carbonyl (C=O) groups is 1. The van der Waals surface area contributed by atoms with Gasteiger partial charge in [-0.3, -0.25) is 0 Å². The second-order valence-corrected chi connectivity index (χ2v) is 8.32. The van der Waals surface area contributed by atoms with Gasteiger partial charge >= 0.3 is 6.09 Å². The number of amides is 1. The maximum atomic E-state index is 11.8. The molecular formula is C22H31N5O2. The molecule has 1 aliphatic rings. The topological polar surface area (TPSA) is 79.4 Å². The van der Waals surface area contributed by atoms with Crippen LogP contribution in [0, 0.1) is 0 Å². The second-order valence-electron chi connectivity index (χ2n) is 8.32. The van der Waals surface area contributed by atoms with Gasteiger partial charge in [-0.05, 0) is 48.9 Å². The van der Waals surface area contributed by atoms with Crippen molar-refractivity contribution in [2.24, 2.45) is 0 Å². The van der Waals surface area contributed by atoms with E-state index in [1.165, 1.54) is 5.56 Å². The smallest absolute Gasteiger partial charge is 0.409 e. The predicted molar refractivity (Wildman–Crippen MR) is 116 cm³/mol. The SMILES string of the molecule is CCOC(=O)N1CCC(Nc2ccnc(Nc3ccc(C(C)(C)C)cc3)n2)CC1. The zero-order chi connectivity index (χ0) is 20.9. The Bertz CT molecular complexity index is 809. The average Bonchev–Trinajstić information content (AvgIpc) is 2.69. The number of ether oxygens (including phenoxy) is 1. The van der Waals surface area contributed by atoms with Crippen LogP contribution in [0.25, 0.3) is 0 Å². The molecule has 1 aliphatic heterocycles. The van der Waals surface area contributed by atoms with Crippen LogP contribution in [0.1, 0.15) is 46.1 Å². The van der Waals surface area contributed by atoms with Gasteiger partial charge in [0.2, 0.25) is 5.95 Å². The van der Waals surface area contributed by atoms with Gasteiger partial charge in [-0.1, -0.05) is 32.9 Å². The zero-order valence-corrected chi connectivity index (χ0v) is 17.7. The number of nitrogens with one attached hydrogen (secondary N) is 2. The van der Waals surface area contributed by atoms with Gasteiger partial charge in [-0.15, -0.1) is 0 Å². The number of aromatic nitrogens is 2. The third-order valence-electron chi connectivity index (χ3n) is 5.04. The van der Waals surface area contributed by atoms with Crippen molar-refractivity contribution in [3.63, 3.8) is 0 Å². The van der Waals surface area contributed by atoms with E-state index in [0.717, 1.165) is 24.3 Å². The Hall–Kier alpha value is -2.83. The molecule has 2 aromatic rings. The van der Waals surface area contributed by atoms with Crippen molar-refractivity contribution < 1.29 is 9.53 Å². The Morgan fingerprint density at radius 1 is 1.17 bits per heavy atom. The van der Waals surface area contributed by atoms with Crippen LogP contribution in [0.5, 0.6) is 0 Å². The lowest BCUT2D eigenvalue weighted by Crippen LogP contribution is -2.42. The number of anilines is 3. The molecule has 0 atom stereocenters. The summed E-state index contributed by atoms with van der Waals surface area (Å²) in [7, 11) is 0. The minimum absolute atomic E-state index is 0.127. The van der Waals surface area contributed by atoms with E-state index in [4.69, 9.17) is 4.74 Å². The Labute approximate surface area is 172 Å². The summed E-state index contributed by atoms with van der Waals surface area (Å²) in [5, 5.41) is 6.72. The zero-order valence-electron chi connectivity index (χ0n) is 17.7. The summed E-state index contributed by atoms with van der Waals surface area (Å²) in [4.78, 5) is 22.5. The van der Waals surface area contributed by atoms with E-state index in [-0.39, 0.29) is 17.6 Å². The lowest BCUT2D eigenvalue weighted by atomic mass is 9.87. The third-order valence-corrected chi connectivity index (χ3v) is 5.04. The molecule has 1 fully saturated rings. The fourth-order valence-electron chi connectivity index (χ4n) is 3.31. The van der Waals surface area contributed by atoms with Crippen LogP contribution >= 0.6 is 0 Å². The van der Waals surface area contributed by atoms with Crippen LogP contribution in [-0.4, -0.2) is 46.7 Å². The Kier molecular flexibility index (Phi) is 6.56. The second kappa shape index (κ2) is 9.11. The summed E-state index contributed by atoms with van der Waals surface area (Å²) in [5.41, 5.74) is 2.37. The van der Waals surface area contributed by atoms with Crippen LogP contribution in [0.3, 0.4) is 0 Å². The molecule has 0 spiro atoms. The molecule has 2 N–H and O–H groups in total. The van der Waals surface area contributed by atoms with E-state index in [1.807, 2.05) is 13.0 Å². The highest BCUT2D eigenvalue weighted by molar-refractivity contribution is 5.67. The maximum Gasteiger partial charge on any atom is 0.409 e. The highest BCUT2D eigenvalue weighted by atomic mass is 16.6. The molecule has 7 heteroatoms. The number of hydrogen-bond donors (Lipinski definition) is 2. The standard InChI is InChI=1S/C22H31N5O2/c1-5-29-21(28)27-14-11-18(12-15-27)24-19-10-13-23-20(26-19)25-17-8-6-16(7-9-17)22(2,3)4/h6-10,13,18H,5,11-12,14-15H2,1-4H3,(H2,23,24,25,26). The van der Waals surface area contributed by atoms with Gasteiger partial charge in [0.05, 0.1) is 6.61 Å². The fraction of sp³-hybridized carbons (Fsp3) is 0.500. The molecule has 0 unspecified atom stereocenters. The number of nitrogens with zero attached hydrogens (tertiary/aromatic N) is 3. The highest BCUT2D eigenvalue weighted by Crippen LogP contribution is 2.24. The number of piperidine rings is 1. The molecule has 1 amide bonds. The molecule has 0 aliphatic carbocycles. The summed E-state index contributed by atoms with van der Waals surface area (Å²) in [6.45, 7) is 10.2. The van der Waals surface area contributed by atoms with Crippen LogP contribution in [-0.2, 0) is 10.2 Å². The van der Waals surface area contributed by atoms with Crippen molar-refractivity contribution in [1.82, 2.24) is 14.9 Å². The maximum absolute atomic E-state index is 11.8. The van der Waals surface area contributed by atoms with E-state index >= 15 is 0 Å².